The van der Waals surface area contributed by atoms with Gasteiger partial charge in [-0.25, -0.2) is 0 Å². The predicted octanol–water partition coefficient (Wildman–Crippen LogP) is 3.77. The molecule has 0 atom stereocenters. The van der Waals surface area contributed by atoms with Crippen LogP contribution in [0.1, 0.15) is 15.2 Å². The van der Waals surface area contributed by atoms with E-state index in [4.69, 9.17) is 16.3 Å². The van der Waals surface area contributed by atoms with Gasteiger partial charge >= 0.3 is 0 Å². The molecule has 0 radical (unpaired) electrons. The summed E-state index contributed by atoms with van der Waals surface area (Å²) < 4.78 is 5.59. The highest BCUT2D eigenvalue weighted by Crippen LogP contribution is 2.43. The number of hydrogen-bond acceptors (Lipinski definition) is 3. The lowest BCUT2D eigenvalue weighted by Crippen LogP contribution is -2.02. The number of benzene rings is 1. The van der Waals surface area contributed by atoms with Gasteiger partial charge in [0.25, 0.3) is 0 Å². The maximum atomic E-state index is 10.7. The van der Waals surface area contributed by atoms with Gasteiger partial charge < -0.3 is 4.74 Å². The summed E-state index contributed by atoms with van der Waals surface area (Å²) in [6.45, 7) is 0.522. The second-order valence-corrected chi connectivity index (χ2v) is 5.07. The Morgan fingerprint density at radius 1 is 1.38 bits per heavy atom. The fourth-order valence-electron chi connectivity index (χ4n) is 1.80. The van der Waals surface area contributed by atoms with Crippen molar-refractivity contribution in [2.75, 3.05) is 0 Å². The first kappa shape index (κ1) is 9.87. The summed E-state index contributed by atoms with van der Waals surface area (Å²) in [5, 5.41) is 0.677. The molecule has 1 aromatic heterocycles. The molecule has 2 nitrogen and oxygen atoms in total. The van der Waals surface area contributed by atoms with Crippen molar-refractivity contribution in [2.24, 2.45) is 0 Å². The SMILES string of the molecule is O=Cc1cc2c(s1)-c1cc(Cl)ccc1OC2. The van der Waals surface area contributed by atoms with Gasteiger partial charge in [-0.05, 0) is 24.3 Å². The molecule has 4 heteroatoms. The van der Waals surface area contributed by atoms with Gasteiger partial charge in [-0.1, -0.05) is 11.6 Å². The van der Waals surface area contributed by atoms with E-state index in [1.165, 1.54) is 11.3 Å². The average Bonchev–Trinajstić information content (AvgIpc) is 2.72. The van der Waals surface area contributed by atoms with Gasteiger partial charge in [-0.3, -0.25) is 4.79 Å². The third-order valence-corrected chi connectivity index (χ3v) is 3.88. The zero-order valence-corrected chi connectivity index (χ0v) is 9.77. The van der Waals surface area contributed by atoms with Gasteiger partial charge in [-0.2, -0.15) is 0 Å². The first-order valence-electron chi connectivity index (χ1n) is 4.78. The van der Waals surface area contributed by atoms with Crippen LogP contribution in [-0.2, 0) is 6.61 Å². The molecule has 0 saturated heterocycles. The summed E-state index contributed by atoms with van der Waals surface area (Å²) in [5.74, 6) is 0.830. The highest BCUT2D eigenvalue weighted by molar-refractivity contribution is 7.17. The van der Waals surface area contributed by atoms with E-state index >= 15 is 0 Å². The molecule has 0 unspecified atom stereocenters. The summed E-state index contributed by atoms with van der Waals surface area (Å²) in [7, 11) is 0. The Bertz CT molecular complexity index is 574. The molecule has 1 aromatic carbocycles. The van der Waals surface area contributed by atoms with Gasteiger partial charge in [0.1, 0.15) is 12.4 Å². The molecule has 1 aliphatic heterocycles. The molecule has 0 fully saturated rings. The highest BCUT2D eigenvalue weighted by atomic mass is 35.5. The summed E-state index contributed by atoms with van der Waals surface area (Å²) in [6, 6.07) is 7.41. The van der Waals surface area contributed by atoms with Crippen LogP contribution in [0.2, 0.25) is 5.02 Å². The molecule has 3 rings (SSSR count). The van der Waals surface area contributed by atoms with E-state index in [0.717, 1.165) is 32.9 Å². The normalized spacial score (nSPS) is 12.6. The van der Waals surface area contributed by atoms with Gasteiger partial charge in [0, 0.05) is 21.0 Å². The Morgan fingerprint density at radius 3 is 3.06 bits per heavy atom. The van der Waals surface area contributed by atoms with Crippen molar-refractivity contribution in [3.05, 3.63) is 39.7 Å². The van der Waals surface area contributed by atoms with E-state index < -0.39 is 0 Å². The minimum atomic E-state index is 0.522. The molecule has 2 aromatic rings. The topological polar surface area (TPSA) is 26.3 Å². The van der Waals surface area contributed by atoms with E-state index in [-0.39, 0.29) is 0 Å². The van der Waals surface area contributed by atoms with Crippen molar-refractivity contribution in [2.45, 2.75) is 6.61 Å². The van der Waals surface area contributed by atoms with Crippen molar-refractivity contribution in [3.63, 3.8) is 0 Å². The van der Waals surface area contributed by atoms with Crippen molar-refractivity contribution < 1.29 is 9.53 Å². The van der Waals surface area contributed by atoms with E-state index in [0.29, 0.717) is 11.6 Å². The van der Waals surface area contributed by atoms with Crippen LogP contribution in [-0.4, -0.2) is 6.29 Å². The Morgan fingerprint density at radius 2 is 2.25 bits per heavy atom. The van der Waals surface area contributed by atoms with E-state index in [1.54, 1.807) is 6.07 Å². The van der Waals surface area contributed by atoms with Gasteiger partial charge in [0.15, 0.2) is 6.29 Å². The first-order chi connectivity index (χ1) is 7.78. The maximum Gasteiger partial charge on any atom is 0.160 e. The summed E-state index contributed by atoms with van der Waals surface area (Å²) in [5.41, 5.74) is 2.04. The lowest BCUT2D eigenvalue weighted by molar-refractivity contribution is 0.112. The average molecular weight is 251 g/mol. The summed E-state index contributed by atoms with van der Waals surface area (Å²) in [6.07, 6.45) is 0.868. The van der Waals surface area contributed by atoms with Crippen LogP contribution < -0.4 is 4.74 Å². The molecule has 80 valence electrons. The van der Waals surface area contributed by atoms with Crippen LogP contribution in [0.15, 0.2) is 24.3 Å². The maximum absolute atomic E-state index is 10.7. The minimum absolute atomic E-state index is 0.522. The zero-order chi connectivity index (χ0) is 11.1. The minimum Gasteiger partial charge on any atom is -0.488 e. The first-order valence-corrected chi connectivity index (χ1v) is 5.98. The molecule has 16 heavy (non-hydrogen) atoms. The van der Waals surface area contributed by atoms with Crippen LogP contribution in [0.25, 0.3) is 10.4 Å². The lowest BCUT2D eigenvalue weighted by atomic mass is 10.1. The quantitative estimate of drug-likeness (QED) is 0.720. The molecule has 0 spiro atoms. The lowest BCUT2D eigenvalue weighted by Gasteiger charge is -2.17. The Kier molecular flexibility index (Phi) is 2.23. The van der Waals surface area contributed by atoms with E-state index in [1.807, 2.05) is 18.2 Å². The van der Waals surface area contributed by atoms with Crippen LogP contribution >= 0.6 is 22.9 Å². The monoisotopic (exact) mass is 250 g/mol. The Hall–Kier alpha value is -1.32. The number of aldehydes is 1. The zero-order valence-electron chi connectivity index (χ0n) is 8.20. The fourth-order valence-corrected chi connectivity index (χ4v) is 2.98. The molecule has 1 aliphatic rings. The number of thiophene rings is 1. The van der Waals surface area contributed by atoms with Crippen LogP contribution in [0.5, 0.6) is 5.75 Å². The molecule has 0 bridgehead atoms. The summed E-state index contributed by atoms with van der Waals surface area (Å²) >= 11 is 7.44. The molecular formula is C12H7ClO2S. The molecule has 0 amide bonds. The van der Waals surface area contributed by atoms with Crippen molar-refractivity contribution in [1.29, 1.82) is 0 Å². The van der Waals surface area contributed by atoms with Crippen LogP contribution in [0, 0.1) is 0 Å². The number of hydrogen-bond donors (Lipinski definition) is 0. The second-order valence-electron chi connectivity index (χ2n) is 3.55. The standard InChI is InChI=1S/C12H7ClO2S/c13-8-1-2-11-10(4-8)12-7(6-15-11)3-9(5-14)16-12/h1-5H,6H2. The van der Waals surface area contributed by atoms with Crippen molar-refractivity contribution in [1.82, 2.24) is 0 Å². The molecular weight excluding hydrogens is 244 g/mol. The number of fused-ring (bicyclic) bond motifs is 3. The van der Waals surface area contributed by atoms with E-state index in [2.05, 4.69) is 0 Å². The fraction of sp³-hybridized carbons (Fsp3) is 0.0833. The second kappa shape index (κ2) is 3.61. The Balaban J connectivity index is 2.24. The van der Waals surface area contributed by atoms with Gasteiger partial charge in [-0.15, -0.1) is 11.3 Å². The van der Waals surface area contributed by atoms with Crippen molar-refractivity contribution in [3.8, 4) is 16.2 Å². The summed E-state index contributed by atoms with van der Waals surface area (Å²) in [4.78, 5) is 12.6. The van der Waals surface area contributed by atoms with Gasteiger partial charge in [0.2, 0.25) is 0 Å². The largest absolute Gasteiger partial charge is 0.488 e. The van der Waals surface area contributed by atoms with Crippen LogP contribution in [0.3, 0.4) is 0 Å². The molecule has 0 saturated carbocycles. The number of halogens is 1. The van der Waals surface area contributed by atoms with Gasteiger partial charge in [0.05, 0.1) is 4.88 Å². The molecule has 0 aliphatic carbocycles. The van der Waals surface area contributed by atoms with Crippen molar-refractivity contribution >= 4 is 29.2 Å². The molecule has 2 heterocycles. The number of rotatable bonds is 1. The number of carbonyl (C=O) groups excluding carboxylic acids is 1. The Labute approximate surface area is 101 Å². The van der Waals surface area contributed by atoms with E-state index in [9.17, 15) is 4.79 Å². The predicted molar refractivity (Wildman–Crippen MR) is 64.5 cm³/mol. The third-order valence-electron chi connectivity index (χ3n) is 2.51. The molecule has 0 N–H and O–H groups in total. The number of ether oxygens (including phenoxy) is 1. The third kappa shape index (κ3) is 1.44. The number of carbonyl (C=O) groups is 1. The van der Waals surface area contributed by atoms with Crippen LogP contribution in [0.4, 0.5) is 0 Å². The highest BCUT2D eigenvalue weighted by Gasteiger charge is 2.20. The smallest absolute Gasteiger partial charge is 0.160 e.